The summed E-state index contributed by atoms with van der Waals surface area (Å²) in [6.07, 6.45) is 5.75. The number of benzene rings is 2. The molecule has 1 nitrogen and oxygen atoms in total. The van der Waals surface area contributed by atoms with E-state index < -0.39 is 0 Å². The highest BCUT2D eigenvalue weighted by atomic mass is 14.7. The van der Waals surface area contributed by atoms with E-state index in [9.17, 15) is 0 Å². The summed E-state index contributed by atoms with van der Waals surface area (Å²) in [4.78, 5) is 4.76. The number of pyridine rings is 1. The first-order chi connectivity index (χ1) is 11.3. The summed E-state index contributed by atoms with van der Waals surface area (Å²) in [5, 5.41) is 0. The lowest BCUT2D eigenvalue weighted by Gasteiger charge is -2.12. The lowest BCUT2D eigenvalue weighted by Crippen LogP contribution is -1.96. The number of rotatable bonds is 3. The zero-order chi connectivity index (χ0) is 15.8. The van der Waals surface area contributed by atoms with E-state index in [0.717, 1.165) is 24.1 Å². The van der Waals surface area contributed by atoms with E-state index >= 15 is 0 Å². The van der Waals surface area contributed by atoms with Gasteiger partial charge in [0, 0.05) is 11.8 Å². The van der Waals surface area contributed by atoms with Crippen LogP contribution in [-0.4, -0.2) is 4.98 Å². The molecule has 4 rings (SSSR count). The summed E-state index contributed by atoms with van der Waals surface area (Å²) in [6, 6.07) is 17.5. The minimum Gasteiger partial charge on any atom is -0.255 e. The Morgan fingerprint density at radius 1 is 1.04 bits per heavy atom. The molecular weight excluding hydrogens is 278 g/mol. The SMILES string of the molecule is C=Cc1cnc(-c2cccc3c2Cc2ccccc2-3)c(CC)c1. The van der Waals surface area contributed by atoms with Crippen molar-refractivity contribution in [1.82, 2.24) is 4.98 Å². The first-order valence-corrected chi connectivity index (χ1v) is 8.13. The molecule has 0 aliphatic heterocycles. The molecule has 1 heterocycles. The van der Waals surface area contributed by atoms with E-state index in [4.69, 9.17) is 4.98 Å². The molecule has 1 aromatic heterocycles. The molecule has 0 N–H and O–H groups in total. The molecule has 3 aromatic rings. The van der Waals surface area contributed by atoms with Gasteiger partial charge in [-0.25, -0.2) is 0 Å². The third-order valence-electron chi connectivity index (χ3n) is 4.71. The molecule has 23 heavy (non-hydrogen) atoms. The highest BCUT2D eigenvalue weighted by Gasteiger charge is 2.22. The van der Waals surface area contributed by atoms with Gasteiger partial charge in [-0.1, -0.05) is 62.0 Å². The van der Waals surface area contributed by atoms with E-state index in [0.29, 0.717) is 0 Å². The highest BCUT2D eigenvalue weighted by molar-refractivity contribution is 5.84. The zero-order valence-corrected chi connectivity index (χ0v) is 13.3. The van der Waals surface area contributed by atoms with Crippen LogP contribution in [0.25, 0.3) is 28.5 Å². The van der Waals surface area contributed by atoms with Crippen LogP contribution in [0.3, 0.4) is 0 Å². The van der Waals surface area contributed by atoms with Gasteiger partial charge in [0.2, 0.25) is 0 Å². The summed E-state index contributed by atoms with van der Waals surface area (Å²) in [7, 11) is 0. The van der Waals surface area contributed by atoms with Crippen molar-refractivity contribution in [2.45, 2.75) is 19.8 Å². The predicted octanol–water partition coefficient (Wildman–Crippen LogP) is 5.53. The standard InChI is InChI=1S/C22H19N/c1-3-15-12-16(4-2)22(23-14-15)20-11-7-10-19-18-9-6-5-8-17(18)13-21(19)20/h3,5-12,14H,1,4,13H2,2H3. The second-order valence-corrected chi connectivity index (χ2v) is 6.00. The predicted molar refractivity (Wildman–Crippen MR) is 97.4 cm³/mol. The van der Waals surface area contributed by atoms with Crippen molar-refractivity contribution in [3.05, 3.63) is 83.6 Å². The largest absolute Gasteiger partial charge is 0.255 e. The minimum absolute atomic E-state index is 0.973. The quantitative estimate of drug-likeness (QED) is 0.485. The van der Waals surface area contributed by atoms with Crippen LogP contribution in [0, 0.1) is 0 Å². The zero-order valence-electron chi connectivity index (χ0n) is 13.3. The molecule has 0 saturated heterocycles. The van der Waals surface area contributed by atoms with Crippen LogP contribution < -0.4 is 0 Å². The maximum atomic E-state index is 4.76. The van der Waals surface area contributed by atoms with Crippen molar-refractivity contribution in [2.75, 3.05) is 0 Å². The van der Waals surface area contributed by atoms with Crippen molar-refractivity contribution in [3.63, 3.8) is 0 Å². The summed E-state index contributed by atoms with van der Waals surface area (Å²) >= 11 is 0. The van der Waals surface area contributed by atoms with Gasteiger partial charge in [-0.05, 0) is 52.3 Å². The van der Waals surface area contributed by atoms with Crippen molar-refractivity contribution in [2.24, 2.45) is 0 Å². The molecule has 0 bridgehead atoms. The topological polar surface area (TPSA) is 12.9 Å². The van der Waals surface area contributed by atoms with Crippen LogP contribution in [0.15, 0.2) is 61.3 Å². The van der Waals surface area contributed by atoms with Crippen molar-refractivity contribution < 1.29 is 0 Å². The van der Waals surface area contributed by atoms with Crippen LogP contribution in [0.5, 0.6) is 0 Å². The fourth-order valence-electron chi connectivity index (χ4n) is 3.53. The molecule has 0 fully saturated rings. The van der Waals surface area contributed by atoms with Crippen LogP contribution in [-0.2, 0) is 12.8 Å². The molecule has 0 atom stereocenters. The average molecular weight is 297 g/mol. The monoisotopic (exact) mass is 297 g/mol. The van der Waals surface area contributed by atoms with Gasteiger partial charge in [0.25, 0.3) is 0 Å². The fraction of sp³-hybridized carbons (Fsp3) is 0.136. The number of nitrogens with zero attached hydrogens (tertiary/aromatic N) is 1. The van der Waals surface area contributed by atoms with E-state index in [1.165, 1.54) is 33.4 Å². The molecule has 0 amide bonds. The second-order valence-electron chi connectivity index (χ2n) is 6.00. The molecular formula is C22H19N. The van der Waals surface area contributed by atoms with E-state index in [-0.39, 0.29) is 0 Å². The van der Waals surface area contributed by atoms with Gasteiger partial charge < -0.3 is 0 Å². The maximum absolute atomic E-state index is 4.76. The Balaban J connectivity index is 1.92. The lowest BCUT2D eigenvalue weighted by molar-refractivity contribution is 1.10. The highest BCUT2D eigenvalue weighted by Crippen LogP contribution is 2.41. The van der Waals surface area contributed by atoms with Gasteiger partial charge in [0.05, 0.1) is 5.69 Å². The Morgan fingerprint density at radius 3 is 2.65 bits per heavy atom. The molecule has 1 aliphatic carbocycles. The number of aryl methyl sites for hydroxylation is 1. The molecule has 0 spiro atoms. The van der Waals surface area contributed by atoms with Gasteiger partial charge >= 0.3 is 0 Å². The molecule has 0 radical (unpaired) electrons. The third-order valence-corrected chi connectivity index (χ3v) is 4.71. The molecule has 2 aromatic carbocycles. The molecule has 0 saturated carbocycles. The minimum atomic E-state index is 0.973. The van der Waals surface area contributed by atoms with Crippen molar-refractivity contribution in [1.29, 1.82) is 0 Å². The van der Waals surface area contributed by atoms with Gasteiger partial charge in [-0.3, -0.25) is 4.98 Å². The number of hydrogen-bond acceptors (Lipinski definition) is 1. The maximum Gasteiger partial charge on any atom is 0.0737 e. The number of hydrogen-bond donors (Lipinski definition) is 0. The summed E-state index contributed by atoms with van der Waals surface area (Å²) < 4.78 is 0. The Hall–Kier alpha value is -2.67. The Kier molecular flexibility index (Phi) is 3.34. The lowest BCUT2D eigenvalue weighted by atomic mass is 9.95. The smallest absolute Gasteiger partial charge is 0.0737 e. The van der Waals surface area contributed by atoms with Gasteiger partial charge in [0.1, 0.15) is 0 Å². The second kappa shape index (κ2) is 5.51. The molecule has 1 aliphatic rings. The fourth-order valence-corrected chi connectivity index (χ4v) is 3.53. The van der Waals surface area contributed by atoms with Crippen LogP contribution in [0.2, 0.25) is 0 Å². The summed E-state index contributed by atoms with van der Waals surface area (Å²) in [6.45, 7) is 6.04. The number of aromatic nitrogens is 1. The Morgan fingerprint density at radius 2 is 1.83 bits per heavy atom. The van der Waals surface area contributed by atoms with Crippen LogP contribution >= 0.6 is 0 Å². The Labute approximate surface area is 137 Å². The van der Waals surface area contributed by atoms with E-state index in [2.05, 4.69) is 62.0 Å². The molecule has 1 heteroatoms. The Bertz CT molecular complexity index is 906. The van der Waals surface area contributed by atoms with Crippen LogP contribution in [0.1, 0.15) is 29.2 Å². The van der Waals surface area contributed by atoms with Gasteiger partial charge in [-0.2, -0.15) is 0 Å². The van der Waals surface area contributed by atoms with E-state index in [1.807, 2.05) is 12.3 Å². The van der Waals surface area contributed by atoms with Gasteiger partial charge in [0.15, 0.2) is 0 Å². The molecule has 0 unspecified atom stereocenters. The van der Waals surface area contributed by atoms with E-state index in [1.54, 1.807) is 0 Å². The average Bonchev–Trinajstić information content (AvgIpc) is 3.00. The first kappa shape index (κ1) is 14.0. The normalized spacial score (nSPS) is 11.9. The molecule has 112 valence electrons. The van der Waals surface area contributed by atoms with Crippen molar-refractivity contribution in [3.8, 4) is 22.4 Å². The van der Waals surface area contributed by atoms with Crippen LogP contribution in [0.4, 0.5) is 0 Å². The van der Waals surface area contributed by atoms with Crippen molar-refractivity contribution >= 4 is 6.08 Å². The summed E-state index contributed by atoms with van der Waals surface area (Å²) in [5.74, 6) is 0. The summed E-state index contributed by atoms with van der Waals surface area (Å²) in [5.41, 5.74) is 10.3. The van der Waals surface area contributed by atoms with Gasteiger partial charge in [-0.15, -0.1) is 0 Å². The number of fused-ring (bicyclic) bond motifs is 3. The third kappa shape index (κ3) is 2.20. The first-order valence-electron chi connectivity index (χ1n) is 8.13.